The number of rotatable bonds is 7. The van der Waals surface area contributed by atoms with Crippen molar-refractivity contribution in [2.75, 3.05) is 0 Å². The molecule has 0 spiro atoms. The third-order valence-electron chi connectivity index (χ3n) is 9.57. The molecule has 49 heavy (non-hydrogen) atoms. The fourth-order valence-electron chi connectivity index (χ4n) is 7.26. The zero-order valence-corrected chi connectivity index (χ0v) is 29.3. The van der Waals surface area contributed by atoms with Gasteiger partial charge in [-0.25, -0.2) is 0 Å². The molecule has 0 bridgehead atoms. The molecule has 3 nitrogen and oxygen atoms in total. The number of ketones is 1. The van der Waals surface area contributed by atoms with E-state index >= 15 is 0 Å². The first-order chi connectivity index (χ1) is 23.4. The van der Waals surface area contributed by atoms with Gasteiger partial charge in [0, 0.05) is 17.5 Å². The Morgan fingerprint density at radius 1 is 0.653 bits per heavy atom. The highest BCUT2D eigenvalue weighted by Gasteiger charge is 2.47. The van der Waals surface area contributed by atoms with Gasteiger partial charge in [-0.2, -0.15) is 0 Å². The van der Waals surface area contributed by atoms with Crippen LogP contribution in [0.4, 0.5) is 0 Å². The highest BCUT2D eigenvalue weighted by atomic mass is 16.5. The van der Waals surface area contributed by atoms with Gasteiger partial charge in [-0.3, -0.25) is 4.79 Å². The maximum atomic E-state index is 13.2. The van der Waals surface area contributed by atoms with Gasteiger partial charge in [0.05, 0.1) is 5.41 Å². The van der Waals surface area contributed by atoms with E-state index in [4.69, 9.17) is 9.47 Å². The quantitative estimate of drug-likeness (QED) is 0.165. The second-order valence-corrected chi connectivity index (χ2v) is 15.2. The molecule has 1 atom stereocenters. The van der Waals surface area contributed by atoms with Crippen molar-refractivity contribution in [2.45, 2.75) is 70.5 Å². The average Bonchev–Trinajstić information content (AvgIpc) is 3.39. The molecule has 0 aromatic heterocycles. The zero-order valence-electron chi connectivity index (χ0n) is 29.3. The Morgan fingerprint density at radius 3 is 1.69 bits per heavy atom. The third kappa shape index (κ3) is 6.15. The summed E-state index contributed by atoms with van der Waals surface area (Å²) in [6.07, 6.45) is 7.35. The summed E-state index contributed by atoms with van der Waals surface area (Å²) in [5, 5.41) is 0. The Morgan fingerprint density at radius 2 is 1.18 bits per heavy atom. The van der Waals surface area contributed by atoms with Gasteiger partial charge >= 0.3 is 0 Å². The number of benzene rings is 5. The lowest BCUT2D eigenvalue weighted by atomic mass is 9.66. The summed E-state index contributed by atoms with van der Waals surface area (Å²) in [4.78, 5) is 13.2. The van der Waals surface area contributed by atoms with Crippen molar-refractivity contribution in [1.82, 2.24) is 0 Å². The number of hydrogen-bond acceptors (Lipinski definition) is 3. The smallest absolute Gasteiger partial charge is 0.193 e. The third-order valence-corrected chi connectivity index (χ3v) is 9.57. The summed E-state index contributed by atoms with van der Waals surface area (Å²) in [6, 6.07) is 41.7. The predicted octanol–water partition coefficient (Wildman–Crippen LogP) is 11.0. The minimum Gasteiger partial charge on any atom is -0.488 e. The molecule has 0 heterocycles. The zero-order chi connectivity index (χ0) is 34.4. The van der Waals surface area contributed by atoms with Crippen molar-refractivity contribution in [3.8, 4) is 22.6 Å². The van der Waals surface area contributed by atoms with E-state index in [1.165, 1.54) is 39.0 Å². The molecule has 0 fully saturated rings. The lowest BCUT2D eigenvalue weighted by molar-refractivity contribution is 0.103. The van der Waals surface area contributed by atoms with E-state index in [1.807, 2.05) is 48.5 Å². The van der Waals surface area contributed by atoms with Crippen LogP contribution < -0.4 is 9.47 Å². The molecule has 0 radical (unpaired) electrons. The second kappa shape index (κ2) is 12.4. The molecule has 0 saturated carbocycles. The molecule has 0 amide bonds. The van der Waals surface area contributed by atoms with Crippen molar-refractivity contribution >= 4 is 5.78 Å². The van der Waals surface area contributed by atoms with Gasteiger partial charge in [0.2, 0.25) is 0 Å². The van der Waals surface area contributed by atoms with E-state index in [2.05, 4.69) is 133 Å². The first-order valence-corrected chi connectivity index (χ1v) is 17.2. The number of carbonyl (C=O) groups is 1. The SMILES string of the molecule is CC(C)(C)Oc1ccc(C2(C3=CCC(Oc4ccc(C(=O)c5ccc(C(C)(C)C)cc5)cc4)C=C3)c3ccccc3-c3ccccc32)cc1. The van der Waals surface area contributed by atoms with Crippen LogP contribution in [0.15, 0.2) is 145 Å². The van der Waals surface area contributed by atoms with E-state index in [0.29, 0.717) is 11.1 Å². The summed E-state index contributed by atoms with van der Waals surface area (Å²) in [7, 11) is 0. The largest absolute Gasteiger partial charge is 0.488 e. The van der Waals surface area contributed by atoms with Crippen LogP contribution in [0.5, 0.6) is 11.5 Å². The second-order valence-electron chi connectivity index (χ2n) is 15.2. The van der Waals surface area contributed by atoms with Gasteiger partial charge in [0.25, 0.3) is 0 Å². The standard InChI is InChI=1S/C46H44O3/c1-44(2,3)33-19-15-31(16-20-33)43(47)32-17-25-36(26-18-32)48-37-27-21-34(22-28-37)46(35-23-29-38(30-24-35)49-45(4,5)6)41-13-9-7-11-39(41)40-12-8-10-14-42(40)46/h7-27,29-30,37H,28H2,1-6H3. The lowest BCUT2D eigenvalue weighted by Gasteiger charge is -2.36. The Kier molecular flexibility index (Phi) is 8.19. The Hall–Kier alpha value is -5.15. The summed E-state index contributed by atoms with van der Waals surface area (Å²) < 4.78 is 12.6. The normalized spacial score (nSPS) is 16.4. The number of carbonyl (C=O) groups excluding carboxylic acids is 1. The van der Waals surface area contributed by atoms with Crippen molar-refractivity contribution in [3.05, 3.63) is 179 Å². The molecule has 2 aliphatic carbocycles. The summed E-state index contributed by atoms with van der Waals surface area (Å²) >= 11 is 0. The monoisotopic (exact) mass is 644 g/mol. The van der Waals surface area contributed by atoms with Crippen LogP contribution in [-0.2, 0) is 10.8 Å². The van der Waals surface area contributed by atoms with Crippen molar-refractivity contribution in [1.29, 1.82) is 0 Å². The van der Waals surface area contributed by atoms with E-state index in [-0.39, 0.29) is 22.9 Å². The molecule has 5 aromatic carbocycles. The van der Waals surface area contributed by atoms with Gasteiger partial charge in [-0.05, 0) is 108 Å². The first kappa shape index (κ1) is 32.4. The highest BCUT2D eigenvalue weighted by Crippen LogP contribution is 2.57. The van der Waals surface area contributed by atoms with Crippen molar-refractivity contribution in [3.63, 3.8) is 0 Å². The van der Waals surface area contributed by atoms with Gasteiger partial charge < -0.3 is 9.47 Å². The fraction of sp³-hybridized carbons (Fsp3) is 0.239. The molecule has 1 unspecified atom stereocenters. The van der Waals surface area contributed by atoms with Crippen molar-refractivity contribution in [2.24, 2.45) is 0 Å². The fourth-order valence-corrected chi connectivity index (χ4v) is 7.26. The summed E-state index contributed by atoms with van der Waals surface area (Å²) in [5.74, 6) is 1.61. The van der Waals surface area contributed by atoms with Crippen LogP contribution >= 0.6 is 0 Å². The molecule has 3 heteroatoms. The van der Waals surface area contributed by atoms with Crippen LogP contribution in [-0.4, -0.2) is 17.5 Å². The minimum atomic E-state index is -0.470. The molecule has 246 valence electrons. The molecule has 2 aliphatic rings. The van der Waals surface area contributed by atoms with Gasteiger partial charge in [0.15, 0.2) is 5.78 Å². The van der Waals surface area contributed by atoms with Crippen LogP contribution in [0.2, 0.25) is 0 Å². The Labute approximate surface area is 290 Å². The van der Waals surface area contributed by atoms with Gasteiger partial charge in [-0.15, -0.1) is 0 Å². The maximum absolute atomic E-state index is 13.2. The molecule has 0 aliphatic heterocycles. The number of allylic oxidation sites excluding steroid dienone is 2. The van der Waals surface area contributed by atoms with E-state index in [1.54, 1.807) is 0 Å². The van der Waals surface area contributed by atoms with Crippen LogP contribution in [0.3, 0.4) is 0 Å². The summed E-state index contributed by atoms with van der Waals surface area (Å²) in [5.41, 5.74) is 9.38. The van der Waals surface area contributed by atoms with E-state index < -0.39 is 5.41 Å². The molecule has 0 saturated heterocycles. The minimum absolute atomic E-state index is 0.0116. The van der Waals surface area contributed by atoms with Gasteiger partial charge in [0.1, 0.15) is 23.2 Å². The highest BCUT2D eigenvalue weighted by molar-refractivity contribution is 6.09. The van der Waals surface area contributed by atoms with Crippen LogP contribution in [0, 0.1) is 0 Å². The van der Waals surface area contributed by atoms with Crippen LogP contribution in [0.1, 0.15) is 86.1 Å². The molecule has 7 rings (SSSR count). The van der Waals surface area contributed by atoms with Crippen molar-refractivity contribution < 1.29 is 14.3 Å². The number of hydrogen-bond donors (Lipinski definition) is 0. The van der Waals surface area contributed by atoms with E-state index in [9.17, 15) is 4.79 Å². The van der Waals surface area contributed by atoms with Gasteiger partial charge in [-0.1, -0.05) is 118 Å². The van der Waals surface area contributed by atoms with E-state index in [0.717, 1.165) is 17.9 Å². The predicted molar refractivity (Wildman–Crippen MR) is 200 cm³/mol. The summed E-state index contributed by atoms with van der Waals surface area (Å²) in [6.45, 7) is 12.7. The van der Waals surface area contributed by atoms with Crippen LogP contribution in [0.25, 0.3) is 11.1 Å². The Balaban J connectivity index is 1.15. The molecule has 0 N–H and O–H groups in total. The Bertz CT molecular complexity index is 2000. The maximum Gasteiger partial charge on any atom is 0.193 e. The average molecular weight is 645 g/mol. The molecular formula is C46H44O3. The first-order valence-electron chi connectivity index (χ1n) is 17.2. The number of fused-ring (bicyclic) bond motifs is 3. The molecule has 5 aromatic rings. The topological polar surface area (TPSA) is 35.5 Å². The number of ether oxygens (including phenoxy) is 2. The lowest BCUT2D eigenvalue weighted by Crippen LogP contribution is -2.31. The molecular weight excluding hydrogens is 601 g/mol.